The Morgan fingerprint density at radius 3 is 3.00 bits per heavy atom. The first-order chi connectivity index (χ1) is 8.81. The molecule has 0 radical (unpaired) electrons. The van der Waals surface area contributed by atoms with Gasteiger partial charge in [-0.25, -0.2) is 4.98 Å². The number of aromatic nitrogens is 3. The summed E-state index contributed by atoms with van der Waals surface area (Å²) in [7, 11) is 1.77. The molecule has 0 saturated carbocycles. The summed E-state index contributed by atoms with van der Waals surface area (Å²) in [6.07, 6.45) is 7.29. The van der Waals surface area contributed by atoms with Crippen LogP contribution in [0.15, 0.2) is 31.0 Å². The van der Waals surface area contributed by atoms with Crippen molar-refractivity contribution in [3.05, 3.63) is 42.2 Å². The van der Waals surface area contributed by atoms with Crippen molar-refractivity contribution in [3.63, 3.8) is 0 Å². The minimum Gasteiger partial charge on any atom is -0.387 e. The van der Waals surface area contributed by atoms with Crippen LogP contribution in [0.4, 0.5) is 5.69 Å². The summed E-state index contributed by atoms with van der Waals surface area (Å²) in [6, 6.07) is 1.77. The van der Waals surface area contributed by atoms with E-state index in [0.717, 1.165) is 17.8 Å². The van der Waals surface area contributed by atoms with Gasteiger partial charge in [-0.3, -0.25) is 9.78 Å². The summed E-state index contributed by atoms with van der Waals surface area (Å²) in [6.45, 7) is 0.555. The summed E-state index contributed by atoms with van der Waals surface area (Å²) < 4.78 is 0. The molecule has 0 atom stereocenters. The Bertz CT molecular complexity index is 509. The minimum atomic E-state index is -0.132. The maximum atomic E-state index is 11.9. The fourth-order valence-corrected chi connectivity index (χ4v) is 1.62. The zero-order chi connectivity index (χ0) is 12.8. The van der Waals surface area contributed by atoms with Crippen molar-refractivity contribution < 1.29 is 4.79 Å². The number of amides is 1. The number of hydrogen-bond acceptors (Lipinski definition) is 4. The third kappa shape index (κ3) is 2.85. The number of hydrogen-bond donors (Lipinski definition) is 3. The van der Waals surface area contributed by atoms with E-state index in [1.807, 2.05) is 0 Å². The fraction of sp³-hybridized carbons (Fsp3) is 0.250. The van der Waals surface area contributed by atoms with Gasteiger partial charge in [-0.1, -0.05) is 0 Å². The number of aromatic amines is 1. The molecule has 0 bridgehead atoms. The highest BCUT2D eigenvalue weighted by molar-refractivity contribution is 5.99. The van der Waals surface area contributed by atoms with Crippen molar-refractivity contribution in [2.24, 2.45) is 0 Å². The lowest BCUT2D eigenvalue weighted by Gasteiger charge is -2.08. The first-order valence-electron chi connectivity index (χ1n) is 5.68. The van der Waals surface area contributed by atoms with E-state index in [1.54, 1.807) is 38.0 Å². The molecule has 2 aromatic rings. The number of rotatable bonds is 5. The molecule has 0 spiro atoms. The van der Waals surface area contributed by atoms with Crippen LogP contribution in [0.5, 0.6) is 0 Å². The third-order valence-electron chi connectivity index (χ3n) is 2.57. The molecule has 0 unspecified atom stereocenters. The predicted octanol–water partition coefficient (Wildman–Crippen LogP) is 0.819. The molecular formula is C12H15N5O. The molecule has 2 rings (SSSR count). The standard InChI is InChI=1S/C12H15N5O/c1-13-11-3-4-14-7-10(11)12(18)16-5-2-9-6-15-8-17-9/h3-4,6-8H,2,5H2,1H3,(H,13,14)(H,15,17)(H,16,18). The van der Waals surface area contributed by atoms with Gasteiger partial charge < -0.3 is 15.6 Å². The van der Waals surface area contributed by atoms with Crippen LogP contribution in [0.2, 0.25) is 0 Å². The van der Waals surface area contributed by atoms with Crippen molar-refractivity contribution in [2.45, 2.75) is 6.42 Å². The number of anilines is 1. The Morgan fingerprint density at radius 1 is 1.39 bits per heavy atom. The molecule has 6 heteroatoms. The Kier molecular flexibility index (Phi) is 3.90. The van der Waals surface area contributed by atoms with E-state index in [1.165, 1.54) is 0 Å². The lowest BCUT2D eigenvalue weighted by molar-refractivity contribution is 0.0954. The molecule has 2 aromatic heterocycles. The van der Waals surface area contributed by atoms with Gasteiger partial charge in [0.25, 0.3) is 5.91 Å². The highest BCUT2D eigenvalue weighted by Crippen LogP contribution is 2.11. The van der Waals surface area contributed by atoms with E-state index in [9.17, 15) is 4.79 Å². The quantitative estimate of drug-likeness (QED) is 0.728. The molecule has 6 nitrogen and oxygen atoms in total. The van der Waals surface area contributed by atoms with Crippen molar-refractivity contribution in [2.75, 3.05) is 18.9 Å². The fourth-order valence-electron chi connectivity index (χ4n) is 1.62. The number of imidazole rings is 1. The monoisotopic (exact) mass is 245 g/mol. The topological polar surface area (TPSA) is 82.7 Å². The SMILES string of the molecule is CNc1ccncc1C(=O)NCCc1cnc[nH]1. The molecule has 1 amide bonds. The van der Waals surface area contributed by atoms with Crippen molar-refractivity contribution in [3.8, 4) is 0 Å². The molecule has 0 aromatic carbocycles. The molecule has 18 heavy (non-hydrogen) atoms. The molecule has 0 saturated heterocycles. The van der Waals surface area contributed by atoms with Gasteiger partial charge in [-0.05, 0) is 6.07 Å². The molecule has 0 aliphatic carbocycles. The van der Waals surface area contributed by atoms with Gasteiger partial charge in [0.15, 0.2) is 0 Å². The largest absolute Gasteiger partial charge is 0.387 e. The number of nitrogens with zero attached hydrogens (tertiary/aromatic N) is 2. The zero-order valence-electron chi connectivity index (χ0n) is 10.1. The van der Waals surface area contributed by atoms with Crippen LogP contribution < -0.4 is 10.6 Å². The first-order valence-corrected chi connectivity index (χ1v) is 5.68. The second-order valence-corrected chi connectivity index (χ2v) is 3.75. The van der Waals surface area contributed by atoms with E-state index >= 15 is 0 Å². The van der Waals surface area contributed by atoms with Gasteiger partial charge in [0.2, 0.25) is 0 Å². The van der Waals surface area contributed by atoms with Crippen molar-refractivity contribution in [1.82, 2.24) is 20.3 Å². The van der Waals surface area contributed by atoms with Crippen LogP contribution in [-0.2, 0) is 6.42 Å². The lowest BCUT2D eigenvalue weighted by Crippen LogP contribution is -2.26. The molecule has 2 heterocycles. The summed E-state index contributed by atoms with van der Waals surface area (Å²) in [5, 5.41) is 5.81. The molecule has 0 aliphatic rings. The number of carbonyl (C=O) groups excluding carboxylic acids is 1. The predicted molar refractivity (Wildman–Crippen MR) is 68.4 cm³/mol. The lowest BCUT2D eigenvalue weighted by atomic mass is 10.2. The number of H-pyrrole nitrogens is 1. The van der Waals surface area contributed by atoms with Crippen molar-refractivity contribution in [1.29, 1.82) is 0 Å². The Hall–Kier alpha value is -2.37. The average Bonchev–Trinajstić information content (AvgIpc) is 2.91. The Labute approximate surface area is 105 Å². The van der Waals surface area contributed by atoms with Gasteiger partial charge in [-0.15, -0.1) is 0 Å². The first kappa shape index (κ1) is 12.1. The Morgan fingerprint density at radius 2 is 2.28 bits per heavy atom. The van der Waals surface area contributed by atoms with E-state index in [4.69, 9.17) is 0 Å². The van der Waals surface area contributed by atoms with Crippen LogP contribution in [0.1, 0.15) is 16.1 Å². The van der Waals surface area contributed by atoms with Gasteiger partial charge in [0.05, 0.1) is 11.9 Å². The smallest absolute Gasteiger partial charge is 0.254 e. The summed E-state index contributed by atoms with van der Waals surface area (Å²) in [5.41, 5.74) is 2.31. The van der Waals surface area contributed by atoms with E-state index in [0.29, 0.717) is 12.1 Å². The number of pyridine rings is 1. The summed E-state index contributed by atoms with van der Waals surface area (Å²) >= 11 is 0. The molecular weight excluding hydrogens is 230 g/mol. The average molecular weight is 245 g/mol. The second-order valence-electron chi connectivity index (χ2n) is 3.75. The maximum Gasteiger partial charge on any atom is 0.254 e. The highest BCUT2D eigenvalue weighted by atomic mass is 16.1. The summed E-state index contributed by atoms with van der Waals surface area (Å²) in [5.74, 6) is -0.132. The van der Waals surface area contributed by atoms with Crippen LogP contribution in [-0.4, -0.2) is 34.5 Å². The van der Waals surface area contributed by atoms with Crippen LogP contribution >= 0.6 is 0 Å². The van der Waals surface area contributed by atoms with Crippen LogP contribution in [0.25, 0.3) is 0 Å². The van der Waals surface area contributed by atoms with Gasteiger partial charge >= 0.3 is 0 Å². The van der Waals surface area contributed by atoms with Crippen LogP contribution in [0.3, 0.4) is 0 Å². The van der Waals surface area contributed by atoms with Crippen molar-refractivity contribution >= 4 is 11.6 Å². The molecule has 3 N–H and O–H groups in total. The third-order valence-corrected chi connectivity index (χ3v) is 2.57. The zero-order valence-corrected chi connectivity index (χ0v) is 10.1. The summed E-state index contributed by atoms with van der Waals surface area (Å²) in [4.78, 5) is 22.8. The van der Waals surface area contributed by atoms with E-state index < -0.39 is 0 Å². The molecule has 0 fully saturated rings. The number of carbonyl (C=O) groups is 1. The molecule has 94 valence electrons. The maximum absolute atomic E-state index is 11.9. The van der Waals surface area contributed by atoms with E-state index in [-0.39, 0.29) is 5.91 Å². The van der Waals surface area contributed by atoms with Crippen LogP contribution in [0, 0.1) is 0 Å². The number of nitrogens with one attached hydrogen (secondary N) is 3. The Balaban J connectivity index is 1.91. The second kappa shape index (κ2) is 5.81. The van der Waals surface area contributed by atoms with Gasteiger partial charge in [-0.2, -0.15) is 0 Å². The highest BCUT2D eigenvalue weighted by Gasteiger charge is 2.09. The normalized spacial score (nSPS) is 10.1. The molecule has 0 aliphatic heterocycles. The van der Waals surface area contributed by atoms with E-state index in [2.05, 4.69) is 25.6 Å². The van der Waals surface area contributed by atoms with Gasteiger partial charge in [0.1, 0.15) is 0 Å². The van der Waals surface area contributed by atoms with Gasteiger partial charge in [0, 0.05) is 50.0 Å². The minimum absolute atomic E-state index is 0.132.